The van der Waals surface area contributed by atoms with Crippen LogP contribution in [0.4, 0.5) is 8.78 Å². The van der Waals surface area contributed by atoms with Gasteiger partial charge in [-0.2, -0.15) is 8.78 Å². The van der Waals surface area contributed by atoms with E-state index in [1.54, 1.807) is 24.3 Å². The number of benzene rings is 2. The molecule has 0 aromatic heterocycles. The van der Waals surface area contributed by atoms with Gasteiger partial charge in [0.15, 0.2) is 0 Å². The minimum absolute atomic E-state index is 0.0456. The Morgan fingerprint density at radius 2 is 0.905 bits per heavy atom. The molecule has 21 heavy (non-hydrogen) atoms. The Labute approximate surface area is 125 Å². The lowest BCUT2D eigenvalue weighted by Crippen LogP contribution is -2.15. The molecule has 0 amide bonds. The molecule has 0 N–H and O–H groups in total. The van der Waals surface area contributed by atoms with Crippen molar-refractivity contribution < 1.29 is 8.78 Å². The fourth-order valence-electron chi connectivity index (χ4n) is 2.32. The van der Waals surface area contributed by atoms with Gasteiger partial charge in [0.2, 0.25) is 0 Å². The Kier molecular flexibility index (Phi) is 4.46. The SMILES string of the molecule is CC(C)c1ccc(C(F)(F)c2ccc(C(C)C)cc2)cc1. The second-order valence-electron chi connectivity index (χ2n) is 6.13. The Balaban J connectivity index is 2.31. The molecule has 0 unspecified atom stereocenters. The summed E-state index contributed by atoms with van der Waals surface area (Å²) < 4.78 is 29.1. The molecule has 0 spiro atoms. The van der Waals surface area contributed by atoms with Crippen molar-refractivity contribution in [1.82, 2.24) is 0 Å². The third-order valence-electron chi connectivity index (χ3n) is 3.88. The molecule has 0 saturated carbocycles. The Morgan fingerprint density at radius 1 is 0.619 bits per heavy atom. The van der Waals surface area contributed by atoms with E-state index in [1.165, 1.54) is 24.3 Å². The average Bonchev–Trinajstić information content (AvgIpc) is 2.47. The Bertz CT molecular complexity index is 524. The molecule has 0 aliphatic heterocycles. The molecule has 0 fully saturated rings. The highest BCUT2D eigenvalue weighted by Crippen LogP contribution is 2.36. The van der Waals surface area contributed by atoms with Crippen LogP contribution in [0.2, 0.25) is 0 Å². The highest BCUT2D eigenvalue weighted by Gasteiger charge is 2.33. The van der Waals surface area contributed by atoms with Gasteiger partial charge in [-0.25, -0.2) is 0 Å². The summed E-state index contributed by atoms with van der Waals surface area (Å²) in [7, 11) is 0. The molecule has 2 aromatic carbocycles. The van der Waals surface area contributed by atoms with Crippen molar-refractivity contribution in [3.63, 3.8) is 0 Å². The molecular weight excluding hydrogens is 266 g/mol. The van der Waals surface area contributed by atoms with Gasteiger partial charge in [-0.1, -0.05) is 76.2 Å². The van der Waals surface area contributed by atoms with Gasteiger partial charge in [0.25, 0.3) is 5.92 Å². The standard InChI is InChI=1S/C19H22F2/c1-13(2)15-5-9-17(10-6-15)19(20,21)18-11-7-16(8-12-18)14(3)4/h5-14H,1-4H3. The Morgan fingerprint density at radius 3 is 1.14 bits per heavy atom. The molecule has 2 heteroatoms. The first kappa shape index (κ1) is 15.7. The summed E-state index contributed by atoms with van der Waals surface area (Å²) in [5.74, 6) is -2.26. The van der Waals surface area contributed by atoms with Gasteiger partial charge in [0, 0.05) is 11.1 Å². The first-order chi connectivity index (χ1) is 9.82. The largest absolute Gasteiger partial charge is 0.298 e. The van der Waals surface area contributed by atoms with Crippen LogP contribution in [0.1, 0.15) is 61.8 Å². The maximum atomic E-state index is 14.6. The molecule has 0 bridgehead atoms. The van der Waals surface area contributed by atoms with Crippen molar-refractivity contribution in [2.75, 3.05) is 0 Å². The summed E-state index contributed by atoms with van der Waals surface area (Å²) in [5, 5.41) is 0. The summed E-state index contributed by atoms with van der Waals surface area (Å²) in [6.07, 6.45) is 0. The monoisotopic (exact) mass is 288 g/mol. The summed E-state index contributed by atoms with van der Waals surface area (Å²) in [4.78, 5) is 0. The first-order valence-corrected chi connectivity index (χ1v) is 7.41. The van der Waals surface area contributed by atoms with Crippen LogP contribution < -0.4 is 0 Å². The van der Waals surface area contributed by atoms with Crippen molar-refractivity contribution >= 4 is 0 Å². The van der Waals surface area contributed by atoms with Gasteiger partial charge < -0.3 is 0 Å². The summed E-state index contributed by atoms with van der Waals surface area (Å²) >= 11 is 0. The number of hydrogen-bond donors (Lipinski definition) is 0. The summed E-state index contributed by atoms with van der Waals surface area (Å²) in [6, 6.07) is 13.3. The molecule has 0 aliphatic carbocycles. The van der Waals surface area contributed by atoms with E-state index in [0.717, 1.165) is 11.1 Å². The molecule has 0 radical (unpaired) electrons. The summed E-state index contributed by atoms with van der Waals surface area (Å²) in [5.41, 5.74) is 2.24. The van der Waals surface area contributed by atoms with Crippen LogP contribution in [-0.2, 0) is 5.92 Å². The van der Waals surface area contributed by atoms with Crippen LogP contribution in [0, 0.1) is 0 Å². The lowest BCUT2D eigenvalue weighted by molar-refractivity contribution is 0.0428. The lowest BCUT2D eigenvalue weighted by atomic mass is 9.94. The van der Waals surface area contributed by atoms with Gasteiger partial charge in [-0.05, 0) is 23.0 Å². The zero-order valence-electron chi connectivity index (χ0n) is 13.0. The van der Waals surface area contributed by atoms with E-state index in [2.05, 4.69) is 27.7 Å². The van der Waals surface area contributed by atoms with Crippen molar-refractivity contribution in [2.45, 2.75) is 45.5 Å². The van der Waals surface area contributed by atoms with Crippen LogP contribution >= 0.6 is 0 Å². The summed E-state index contributed by atoms with van der Waals surface area (Å²) in [6.45, 7) is 8.21. The molecule has 0 atom stereocenters. The van der Waals surface area contributed by atoms with Crippen LogP contribution in [0.3, 0.4) is 0 Å². The average molecular weight is 288 g/mol. The number of alkyl halides is 2. The maximum Gasteiger partial charge on any atom is 0.298 e. The molecule has 0 aliphatic rings. The highest BCUT2D eigenvalue weighted by molar-refractivity contribution is 5.37. The molecule has 0 saturated heterocycles. The van der Waals surface area contributed by atoms with E-state index in [1.807, 2.05) is 0 Å². The molecule has 0 nitrogen and oxygen atoms in total. The number of halogens is 2. The van der Waals surface area contributed by atoms with Crippen molar-refractivity contribution in [2.24, 2.45) is 0 Å². The highest BCUT2D eigenvalue weighted by atomic mass is 19.3. The van der Waals surface area contributed by atoms with Crippen LogP contribution in [0.25, 0.3) is 0 Å². The molecular formula is C19H22F2. The van der Waals surface area contributed by atoms with E-state index in [9.17, 15) is 8.78 Å². The molecule has 0 heterocycles. The van der Waals surface area contributed by atoms with Crippen molar-refractivity contribution in [3.05, 3.63) is 70.8 Å². The van der Waals surface area contributed by atoms with Gasteiger partial charge in [-0.15, -0.1) is 0 Å². The quantitative estimate of drug-likeness (QED) is 0.640. The predicted octanol–water partition coefficient (Wildman–Crippen LogP) is 6.07. The van der Waals surface area contributed by atoms with Crippen molar-refractivity contribution in [3.8, 4) is 0 Å². The second kappa shape index (κ2) is 5.97. The molecule has 2 rings (SSSR count). The topological polar surface area (TPSA) is 0 Å². The molecule has 2 aromatic rings. The third-order valence-corrected chi connectivity index (χ3v) is 3.88. The van der Waals surface area contributed by atoms with E-state index < -0.39 is 5.92 Å². The fraction of sp³-hybridized carbons (Fsp3) is 0.368. The Hall–Kier alpha value is -1.70. The van der Waals surface area contributed by atoms with E-state index >= 15 is 0 Å². The predicted molar refractivity (Wildman–Crippen MR) is 84.1 cm³/mol. The van der Waals surface area contributed by atoms with E-state index in [4.69, 9.17) is 0 Å². The smallest absolute Gasteiger partial charge is 0.196 e. The van der Waals surface area contributed by atoms with E-state index in [0.29, 0.717) is 11.8 Å². The number of rotatable bonds is 4. The third kappa shape index (κ3) is 3.31. The van der Waals surface area contributed by atoms with Gasteiger partial charge in [0.05, 0.1) is 0 Å². The minimum Gasteiger partial charge on any atom is -0.196 e. The van der Waals surface area contributed by atoms with Gasteiger partial charge >= 0.3 is 0 Å². The van der Waals surface area contributed by atoms with E-state index in [-0.39, 0.29) is 11.1 Å². The molecule has 112 valence electrons. The second-order valence-corrected chi connectivity index (χ2v) is 6.13. The zero-order chi connectivity index (χ0) is 15.6. The normalized spacial score (nSPS) is 12.2. The van der Waals surface area contributed by atoms with Crippen LogP contribution in [0.5, 0.6) is 0 Å². The number of hydrogen-bond acceptors (Lipinski definition) is 0. The lowest BCUT2D eigenvalue weighted by Gasteiger charge is -2.19. The van der Waals surface area contributed by atoms with Crippen molar-refractivity contribution in [1.29, 1.82) is 0 Å². The maximum absolute atomic E-state index is 14.6. The fourth-order valence-corrected chi connectivity index (χ4v) is 2.32. The van der Waals surface area contributed by atoms with Gasteiger partial charge in [0.1, 0.15) is 0 Å². The van der Waals surface area contributed by atoms with Crippen LogP contribution in [-0.4, -0.2) is 0 Å². The minimum atomic E-state index is -2.95. The first-order valence-electron chi connectivity index (χ1n) is 7.41. The zero-order valence-corrected chi connectivity index (χ0v) is 13.0. The van der Waals surface area contributed by atoms with Crippen LogP contribution in [0.15, 0.2) is 48.5 Å². The van der Waals surface area contributed by atoms with Gasteiger partial charge in [-0.3, -0.25) is 0 Å².